The molecule has 1 unspecified atom stereocenters. The lowest BCUT2D eigenvalue weighted by Gasteiger charge is -2.30. The summed E-state index contributed by atoms with van der Waals surface area (Å²) in [4.78, 5) is 16.8. The summed E-state index contributed by atoms with van der Waals surface area (Å²) in [5.74, 6) is 1.15. The van der Waals surface area contributed by atoms with Crippen LogP contribution in [0.25, 0.3) is 0 Å². The van der Waals surface area contributed by atoms with E-state index in [-0.39, 0.29) is 11.8 Å². The molecule has 0 bridgehead atoms. The molecule has 1 N–H and O–H groups in total. The second-order valence-corrected chi connectivity index (χ2v) is 6.10. The van der Waals surface area contributed by atoms with Crippen LogP contribution in [-0.2, 0) is 4.79 Å². The zero-order valence-corrected chi connectivity index (χ0v) is 12.5. The highest BCUT2D eigenvalue weighted by Gasteiger charge is 2.30. The van der Waals surface area contributed by atoms with E-state index in [1.807, 2.05) is 12.1 Å². The molecule has 2 aliphatic rings. The molecule has 114 valence electrons. The standard InChI is InChI=1S/C15H23N5O/c1-19-8-5-13(6-9-19)17-15(21)12-4-10-20(11-12)14-3-2-7-16-18-14/h2-3,7,12-13H,4-6,8-11H2,1H3,(H,17,21). The predicted molar refractivity (Wildman–Crippen MR) is 81.0 cm³/mol. The molecule has 1 aromatic heterocycles. The van der Waals surface area contributed by atoms with Gasteiger partial charge in [0.05, 0.1) is 5.92 Å². The van der Waals surface area contributed by atoms with Gasteiger partial charge in [0.25, 0.3) is 0 Å². The molecule has 2 fully saturated rings. The van der Waals surface area contributed by atoms with Crippen LogP contribution in [0.1, 0.15) is 19.3 Å². The highest BCUT2D eigenvalue weighted by atomic mass is 16.2. The number of rotatable bonds is 3. The maximum absolute atomic E-state index is 12.4. The average molecular weight is 289 g/mol. The Kier molecular flexibility index (Phi) is 4.34. The van der Waals surface area contributed by atoms with Crippen LogP contribution >= 0.6 is 0 Å². The number of hydrogen-bond acceptors (Lipinski definition) is 5. The SMILES string of the molecule is CN1CCC(NC(=O)C2CCN(c3cccnn3)C2)CC1. The Morgan fingerprint density at radius 2 is 2.10 bits per heavy atom. The minimum absolute atomic E-state index is 0.0756. The zero-order valence-electron chi connectivity index (χ0n) is 12.5. The molecule has 6 nitrogen and oxygen atoms in total. The minimum Gasteiger partial charge on any atom is -0.354 e. The predicted octanol–water partition coefficient (Wildman–Crippen LogP) is 0.513. The van der Waals surface area contributed by atoms with Crippen LogP contribution in [0.3, 0.4) is 0 Å². The van der Waals surface area contributed by atoms with Crippen molar-refractivity contribution in [3.8, 4) is 0 Å². The van der Waals surface area contributed by atoms with Crippen molar-refractivity contribution < 1.29 is 4.79 Å². The largest absolute Gasteiger partial charge is 0.354 e. The fourth-order valence-corrected chi connectivity index (χ4v) is 3.12. The Balaban J connectivity index is 1.50. The molecular formula is C15H23N5O. The van der Waals surface area contributed by atoms with Gasteiger partial charge in [-0.2, -0.15) is 5.10 Å². The first-order valence-electron chi connectivity index (χ1n) is 7.74. The number of piperidine rings is 1. The van der Waals surface area contributed by atoms with Gasteiger partial charge in [-0.15, -0.1) is 5.10 Å². The van der Waals surface area contributed by atoms with Crippen molar-refractivity contribution in [3.63, 3.8) is 0 Å². The number of nitrogens with one attached hydrogen (secondary N) is 1. The summed E-state index contributed by atoms with van der Waals surface area (Å²) in [6, 6.07) is 4.18. The van der Waals surface area contributed by atoms with Gasteiger partial charge >= 0.3 is 0 Å². The summed E-state index contributed by atoms with van der Waals surface area (Å²) in [6.07, 6.45) is 4.69. The lowest BCUT2D eigenvalue weighted by atomic mass is 10.0. The van der Waals surface area contributed by atoms with Crippen LogP contribution in [0, 0.1) is 5.92 Å². The second-order valence-electron chi connectivity index (χ2n) is 6.10. The summed E-state index contributed by atoms with van der Waals surface area (Å²) in [6.45, 7) is 3.77. The highest BCUT2D eigenvalue weighted by molar-refractivity contribution is 5.80. The van der Waals surface area contributed by atoms with Gasteiger partial charge in [-0.05, 0) is 51.5 Å². The molecule has 0 spiro atoms. The molecule has 6 heteroatoms. The molecule has 21 heavy (non-hydrogen) atoms. The Labute approximate surface area is 125 Å². The third-order valence-electron chi connectivity index (χ3n) is 4.51. The van der Waals surface area contributed by atoms with Gasteiger partial charge in [-0.3, -0.25) is 4.79 Å². The molecule has 2 saturated heterocycles. The van der Waals surface area contributed by atoms with E-state index >= 15 is 0 Å². The van der Waals surface area contributed by atoms with E-state index in [2.05, 4.69) is 32.4 Å². The highest BCUT2D eigenvalue weighted by Crippen LogP contribution is 2.22. The molecule has 0 saturated carbocycles. The van der Waals surface area contributed by atoms with E-state index in [9.17, 15) is 4.79 Å². The van der Waals surface area contributed by atoms with Crippen molar-refractivity contribution in [3.05, 3.63) is 18.3 Å². The molecular weight excluding hydrogens is 266 g/mol. The third-order valence-corrected chi connectivity index (χ3v) is 4.51. The maximum Gasteiger partial charge on any atom is 0.225 e. The third kappa shape index (κ3) is 3.50. The number of hydrogen-bond donors (Lipinski definition) is 1. The number of likely N-dealkylation sites (tertiary alicyclic amines) is 1. The zero-order chi connectivity index (χ0) is 14.7. The first-order chi connectivity index (χ1) is 10.2. The summed E-state index contributed by atoms with van der Waals surface area (Å²) in [7, 11) is 2.13. The molecule has 0 aliphatic carbocycles. The fourth-order valence-electron chi connectivity index (χ4n) is 3.12. The average Bonchev–Trinajstić information content (AvgIpc) is 3.00. The normalized spacial score (nSPS) is 24.2. The monoisotopic (exact) mass is 289 g/mol. The van der Waals surface area contributed by atoms with E-state index in [1.54, 1.807) is 6.20 Å². The van der Waals surface area contributed by atoms with Gasteiger partial charge in [0.2, 0.25) is 5.91 Å². The summed E-state index contributed by atoms with van der Waals surface area (Å²) in [5.41, 5.74) is 0. The van der Waals surface area contributed by atoms with Crippen molar-refractivity contribution in [2.24, 2.45) is 5.92 Å². The topological polar surface area (TPSA) is 61.4 Å². The molecule has 2 aliphatic heterocycles. The van der Waals surface area contributed by atoms with Crippen molar-refractivity contribution in [2.75, 3.05) is 38.1 Å². The van der Waals surface area contributed by atoms with Gasteiger partial charge in [0, 0.05) is 25.3 Å². The lowest BCUT2D eigenvalue weighted by molar-refractivity contribution is -0.125. The van der Waals surface area contributed by atoms with E-state index < -0.39 is 0 Å². The first kappa shape index (κ1) is 14.3. The van der Waals surface area contributed by atoms with E-state index in [4.69, 9.17) is 0 Å². The molecule has 0 radical (unpaired) electrons. The molecule has 1 aromatic rings. The lowest BCUT2D eigenvalue weighted by Crippen LogP contribution is -2.45. The van der Waals surface area contributed by atoms with Crippen LogP contribution in [0.2, 0.25) is 0 Å². The van der Waals surface area contributed by atoms with Gasteiger partial charge in [0.15, 0.2) is 5.82 Å². The van der Waals surface area contributed by atoms with Gasteiger partial charge in [-0.25, -0.2) is 0 Å². The maximum atomic E-state index is 12.4. The van der Waals surface area contributed by atoms with Crippen LogP contribution in [-0.4, -0.2) is 60.3 Å². The molecule has 1 amide bonds. The van der Waals surface area contributed by atoms with Gasteiger partial charge in [-0.1, -0.05) is 0 Å². The Bertz CT molecular complexity index is 472. The first-order valence-corrected chi connectivity index (χ1v) is 7.74. The van der Waals surface area contributed by atoms with Crippen LogP contribution in [0.5, 0.6) is 0 Å². The number of amides is 1. The van der Waals surface area contributed by atoms with E-state index in [1.165, 1.54) is 0 Å². The molecule has 3 rings (SSSR count). The van der Waals surface area contributed by atoms with E-state index in [0.717, 1.165) is 51.3 Å². The number of anilines is 1. The number of aromatic nitrogens is 2. The van der Waals surface area contributed by atoms with Crippen molar-refractivity contribution in [1.82, 2.24) is 20.4 Å². The number of nitrogens with zero attached hydrogens (tertiary/aromatic N) is 4. The summed E-state index contributed by atoms with van der Waals surface area (Å²) < 4.78 is 0. The summed E-state index contributed by atoms with van der Waals surface area (Å²) >= 11 is 0. The van der Waals surface area contributed by atoms with Crippen LogP contribution in [0.15, 0.2) is 18.3 Å². The van der Waals surface area contributed by atoms with Gasteiger partial charge < -0.3 is 15.1 Å². The number of carbonyl (C=O) groups is 1. The van der Waals surface area contributed by atoms with Crippen molar-refractivity contribution in [1.29, 1.82) is 0 Å². The second kappa shape index (κ2) is 6.39. The fraction of sp³-hybridized carbons (Fsp3) is 0.667. The molecule has 3 heterocycles. The minimum atomic E-state index is 0.0756. The smallest absolute Gasteiger partial charge is 0.225 e. The van der Waals surface area contributed by atoms with Crippen LogP contribution < -0.4 is 10.2 Å². The Morgan fingerprint density at radius 3 is 2.81 bits per heavy atom. The number of carbonyl (C=O) groups excluding carboxylic acids is 1. The van der Waals surface area contributed by atoms with Crippen LogP contribution in [0.4, 0.5) is 5.82 Å². The quantitative estimate of drug-likeness (QED) is 0.879. The Hall–Kier alpha value is -1.69. The summed E-state index contributed by atoms with van der Waals surface area (Å²) in [5, 5.41) is 11.2. The van der Waals surface area contributed by atoms with Crippen molar-refractivity contribution >= 4 is 11.7 Å². The molecule has 1 atom stereocenters. The van der Waals surface area contributed by atoms with Crippen molar-refractivity contribution in [2.45, 2.75) is 25.3 Å². The Morgan fingerprint density at radius 1 is 1.29 bits per heavy atom. The molecule has 0 aromatic carbocycles. The van der Waals surface area contributed by atoms with E-state index in [0.29, 0.717) is 6.04 Å². The van der Waals surface area contributed by atoms with Gasteiger partial charge in [0.1, 0.15) is 0 Å².